The van der Waals surface area contributed by atoms with E-state index in [4.69, 9.17) is 23.2 Å². The van der Waals surface area contributed by atoms with Crippen LogP contribution in [0.15, 0.2) is 30.4 Å². The molecule has 1 aliphatic heterocycles. The fourth-order valence-corrected chi connectivity index (χ4v) is 3.92. The number of likely N-dealkylation sites (tertiary alicyclic amines) is 1. The Morgan fingerprint density at radius 1 is 1.17 bits per heavy atom. The van der Waals surface area contributed by atoms with Crippen LogP contribution in [0.5, 0.6) is 0 Å². The topological polar surface area (TPSA) is 49.4 Å². The Morgan fingerprint density at radius 3 is 2.58 bits per heavy atom. The highest BCUT2D eigenvalue weighted by molar-refractivity contribution is 6.35. The molecule has 1 N–H and O–H groups in total. The monoisotopic (exact) mass is 366 g/mol. The molecule has 1 aromatic rings. The van der Waals surface area contributed by atoms with Crippen LogP contribution in [0.3, 0.4) is 0 Å². The molecule has 0 radical (unpaired) electrons. The average Bonchev–Trinajstić information content (AvgIpc) is 3.16. The molecule has 6 heteroatoms. The van der Waals surface area contributed by atoms with Gasteiger partial charge in [-0.2, -0.15) is 0 Å². The molecule has 1 aliphatic carbocycles. The Morgan fingerprint density at radius 2 is 1.92 bits per heavy atom. The zero-order chi connectivity index (χ0) is 17.1. The Labute approximate surface area is 151 Å². The van der Waals surface area contributed by atoms with Crippen molar-refractivity contribution in [3.8, 4) is 0 Å². The van der Waals surface area contributed by atoms with Gasteiger partial charge in [0.25, 0.3) is 0 Å². The number of allylic oxidation sites excluding steroid dienone is 2. The van der Waals surface area contributed by atoms with Crippen molar-refractivity contribution in [3.63, 3.8) is 0 Å². The third kappa shape index (κ3) is 4.11. The molecule has 4 nitrogen and oxygen atoms in total. The molecular weight excluding hydrogens is 347 g/mol. The average molecular weight is 367 g/mol. The minimum Gasteiger partial charge on any atom is -0.331 e. The number of anilines is 1. The molecular formula is C18H20Cl2N2O2. The van der Waals surface area contributed by atoms with Gasteiger partial charge >= 0.3 is 0 Å². The van der Waals surface area contributed by atoms with Gasteiger partial charge in [-0.05, 0) is 49.8 Å². The first-order chi connectivity index (χ1) is 11.5. The second kappa shape index (κ2) is 7.58. The van der Waals surface area contributed by atoms with Crippen LogP contribution in [-0.4, -0.2) is 29.3 Å². The van der Waals surface area contributed by atoms with E-state index in [9.17, 15) is 9.59 Å². The molecule has 2 aliphatic rings. The number of hydrogen-bond acceptors (Lipinski definition) is 2. The Balaban J connectivity index is 1.64. The number of carbonyl (C=O) groups is 2. The maximum Gasteiger partial charge on any atom is 0.247 e. The largest absolute Gasteiger partial charge is 0.331 e. The zero-order valence-electron chi connectivity index (χ0n) is 13.3. The smallest absolute Gasteiger partial charge is 0.247 e. The summed E-state index contributed by atoms with van der Waals surface area (Å²) >= 11 is 11.9. The summed E-state index contributed by atoms with van der Waals surface area (Å²) in [4.78, 5) is 26.8. The molecule has 1 aromatic carbocycles. The number of rotatable bonds is 4. The van der Waals surface area contributed by atoms with E-state index in [1.54, 1.807) is 23.1 Å². The van der Waals surface area contributed by atoms with Gasteiger partial charge in [0.1, 0.15) is 6.04 Å². The van der Waals surface area contributed by atoms with Gasteiger partial charge in [-0.15, -0.1) is 0 Å². The van der Waals surface area contributed by atoms with Crippen molar-refractivity contribution in [2.24, 2.45) is 5.92 Å². The van der Waals surface area contributed by atoms with Crippen LogP contribution in [0.1, 0.15) is 32.1 Å². The van der Waals surface area contributed by atoms with E-state index in [2.05, 4.69) is 17.5 Å². The predicted octanol–water partition coefficient (Wildman–Crippen LogP) is 4.28. The van der Waals surface area contributed by atoms with Gasteiger partial charge in [0, 0.05) is 28.7 Å². The zero-order valence-corrected chi connectivity index (χ0v) is 14.8. The highest BCUT2D eigenvalue weighted by Gasteiger charge is 2.34. The minimum absolute atomic E-state index is 0.0633. The Hall–Kier alpha value is -1.52. The fraction of sp³-hybridized carbons (Fsp3) is 0.444. The number of carbonyl (C=O) groups excluding carboxylic acids is 2. The number of hydrogen-bond donors (Lipinski definition) is 1. The van der Waals surface area contributed by atoms with Crippen molar-refractivity contribution in [2.45, 2.75) is 38.1 Å². The van der Waals surface area contributed by atoms with Crippen LogP contribution in [0.2, 0.25) is 10.0 Å². The van der Waals surface area contributed by atoms with E-state index in [1.807, 2.05) is 0 Å². The highest BCUT2D eigenvalue weighted by Crippen LogP contribution is 2.27. The Kier molecular flexibility index (Phi) is 5.47. The van der Waals surface area contributed by atoms with Crippen LogP contribution in [-0.2, 0) is 9.59 Å². The number of amides is 2. The maximum atomic E-state index is 12.6. The SMILES string of the molecule is O=C(Nc1cc(Cl)cc(Cl)c1)[C@H]1CCCN1C(=O)C[C@H]1C=CCC1. The van der Waals surface area contributed by atoms with Crippen LogP contribution in [0.25, 0.3) is 0 Å². The summed E-state index contributed by atoms with van der Waals surface area (Å²) in [5.41, 5.74) is 0.551. The quantitative estimate of drug-likeness (QED) is 0.808. The number of nitrogens with zero attached hydrogens (tertiary/aromatic N) is 1. The van der Waals surface area contributed by atoms with Crippen molar-refractivity contribution in [1.82, 2.24) is 4.90 Å². The third-order valence-electron chi connectivity index (χ3n) is 4.56. The molecule has 0 unspecified atom stereocenters. The summed E-state index contributed by atoms with van der Waals surface area (Å²) in [7, 11) is 0. The van der Waals surface area contributed by atoms with E-state index >= 15 is 0 Å². The summed E-state index contributed by atoms with van der Waals surface area (Å²) in [6.45, 7) is 0.643. The molecule has 1 fully saturated rings. The lowest BCUT2D eigenvalue weighted by Gasteiger charge is -2.25. The van der Waals surface area contributed by atoms with E-state index in [-0.39, 0.29) is 11.8 Å². The number of nitrogens with one attached hydrogen (secondary N) is 1. The van der Waals surface area contributed by atoms with Gasteiger partial charge < -0.3 is 10.2 Å². The van der Waals surface area contributed by atoms with Crippen LogP contribution < -0.4 is 5.32 Å². The highest BCUT2D eigenvalue weighted by atomic mass is 35.5. The molecule has 24 heavy (non-hydrogen) atoms. The standard InChI is InChI=1S/C18H20Cl2N2O2/c19-13-9-14(20)11-15(10-13)21-18(24)16-6-3-7-22(16)17(23)8-12-4-1-2-5-12/h1,4,9-12,16H,2-3,5-8H2,(H,21,24)/t12-,16+/m0/s1. The Bertz CT molecular complexity index is 655. The lowest BCUT2D eigenvalue weighted by Crippen LogP contribution is -2.43. The molecule has 0 bridgehead atoms. The molecule has 0 aromatic heterocycles. The number of benzene rings is 1. The first-order valence-electron chi connectivity index (χ1n) is 8.26. The van der Waals surface area contributed by atoms with Crippen molar-refractivity contribution in [3.05, 3.63) is 40.4 Å². The predicted molar refractivity (Wildman–Crippen MR) is 96.3 cm³/mol. The summed E-state index contributed by atoms with van der Waals surface area (Å²) in [5.74, 6) is 0.197. The molecule has 0 saturated carbocycles. The molecule has 1 heterocycles. The van der Waals surface area contributed by atoms with Crippen molar-refractivity contribution in [1.29, 1.82) is 0 Å². The molecule has 2 atom stereocenters. The molecule has 128 valence electrons. The van der Waals surface area contributed by atoms with E-state index in [1.165, 1.54) is 0 Å². The van der Waals surface area contributed by atoms with Gasteiger partial charge in [-0.3, -0.25) is 9.59 Å². The van der Waals surface area contributed by atoms with Crippen LogP contribution in [0.4, 0.5) is 5.69 Å². The minimum atomic E-state index is -0.416. The second-order valence-electron chi connectivity index (χ2n) is 6.36. The van der Waals surface area contributed by atoms with Gasteiger partial charge in [0.15, 0.2) is 0 Å². The number of halogens is 2. The van der Waals surface area contributed by atoms with Gasteiger partial charge in [-0.1, -0.05) is 35.4 Å². The molecule has 0 spiro atoms. The maximum absolute atomic E-state index is 12.6. The first-order valence-corrected chi connectivity index (χ1v) is 9.01. The molecule has 1 saturated heterocycles. The van der Waals surface area contributed by atoms with Gasteiger partial charge in [-0.25, -0.2) is 0 Å². The van der Waals surface area contributed by atoms with Crippen LogP contribution in [0, 0.1) is 5.92 Å². The summed E-state index contributed by atoms with van der Waals surface area (Å²) in [6, 6.07) is 4.49. The van der Waals surface area contributed by atoms with Gasteiger partial charge in [0.05, 0.1) is 0 Å². The summed E-state index contributed by atoms with van der Waals surface area (Å²) in [6.07, 6.45) is 8.32. The summed E-state index contributed by atoms with van der Waals surface area (Å²) in [5, 5.41) is 3.75. The van der Waals surface area contributed by atoms with Crippen molar-refractivity contribution in [2.75, 3.05) is 11.9 Å². The van der Waals surface area contributed by atoms with E-state index in [0.29, 0.717) is 41.0 Å². The normalized spacial score (nSPS) is 22.8. The van der Waals surface area contributed by atoms with Crippen LogP contribution >= 0.6 is 23.2 Å². The molecule has 3 rings (SSSR count). The first kappa shape index (κ1) is 17.3. The third-order valence-corrected chi connectivity index (χ3v) is 4.99. The van der Waals surface area contributed by atoms with Gasteiger partial charge in [0.2, 0.25) is 11.8 Å². The fourth-order valence-electron chi connectivity index (χ4n) is 3.40. The van der Waals surface area contributed by atoms with Crippen molar-refractivity contribution < 1.29 is 9.59 Å². The lowest BCUT2D eigenvalue weighted by atomic mass is 10.0. The van der Waals surface area contributed by atoms with E-state index in [0.717, 1.165) is 19.3 Å². The summed E-state index contributed by atoms with van der Waals surface area (Å²) < 4.78 is 0. The second-order valence-corrected chi connectivity index (χ2v) is 7.24. The lowest BCUT2D eigenvalue weighted by molar-refractivity contribution is -0.137. The van der Waals surface area contributed by atoms with Crippen molar-refractivity contribution >= 4 is 40.7 Å². The molecule has 2 amide bonds. The van der Waals surface area contributed by atoms with E-state index < -0.39 is 6.04 Å².